The Balaban J connectivity index is 2.35. The van der Waals surface area contributed by atoms with Gasteiger partial charge in [0.15, 0.2) is 0 Å². The minimum Gasteiger partial charge on any atom is -0.394 e. The first-order chi connectivity index (χ1) is 7.73. The van der Waals surface area contributed by atoms with E-state index in [1.807, 2.05) is 12.1 Å². The van der Waals surface area contributed by atoms with Crippen molar-refractivity contribution in [2.75, 3.05) is 19.8 Å². The summed E-state index contributed by atoms with van der Waals surface area (Å²) in [4.78, 5) is 0. The van der Waals surface area contributed by atoms with E-state index in [2.05, 4.69) is 22.0 Å². The molecule has 3 nitrogen and oxygen atoms in total. The highest BCUT2D eigenvalue weighted by Crippen LogP contribution is 2.42. The van der Waals surface area contributed by atoms with Crippen molar-refractivity contribution in [1.82, 2.24) is 0 Å². The Kier molecular flexibility index (Phi) is 3.64. The van der Waals surface area contributed by atoms with Crippen LogP contribution in [0, 0.1) is 0 Å². The van der Waals surface area contributed by atoms with Gasteiger partial charge in [0.2, 0.25) is 0 Å². The maximum Gasteiger partial charge on any atom is 0.106 e. The van der Waals surface area contributed by atoms with Gasteiger partial charge in [0.25, 0.3) is 0 Å². The highest BCUT2D eigenvalue weighted by molar-refractivity contribution is 9.10. The van der Waals surface area contributed by atoms with E-state index in [9.17, 15) is 0 Å². The van der Waals surface area contributed by atoms with Crippen molar-refractivity contribution in [3.05, 3.63) is 33.8 Å². The van der Waals surface area contributed by atoms with Crippen molar-refractivity contribution in [2.45, 2.75) is 18.4 Å². The molecule has 16 heavy (non-hydrogen) atoms. The topological polar surface area (TPSA) is 55.5 Å². The summed E-state index contributed by atoms with van der Waals surface area (Å²) in [6.07, 6.45) is 1.86. The second kappa shape index (κ2) is 4.84. The van der Waals surface area contributed by atoms with Crippen LogP contribution in [0.5, 0.6) is 0 Å². The molecule has 0 bridgehead atoms. The second-order valence-corrected chi connectivity index (χ2v) is 4.89. The molecule has 0 aromatic heterocycles. The van der Waals surface area contributed by atoms with Crippen LogP contribution in [-0.4, -0.2) is 24.9 Å². The average Bonchev–Trinajstić information content (AvgIpc) is 2.68. The largest absolute Gasteiger partial charge is 0.394 e. The molecule has 4 heteroatoms. The van der Waals surface area contributed by atoms with Gasteiger partial charge < -0.3 is 15.6 Å². The third-order valence-corrected chi connectivity index (χ3v) is 3.93. The van der Waals surface area contributed by atoms with Crippen LogP contribution in [0.3, 0.4) is 0 Å². The van der Waals surface area contributed by atoms with E-state index in [0.717, 1.165) is 22.9 Å². The second-order valence-electron chi connectivity index (χ2n) is 4.04. The Labute approximate surface area is 104 Å². The summed E-state index contributed by atoms with van der Waals surface area (Å²) in [6, 6.07) is 6.11. The van der Waals surface area contributed by atoms with Crippen LogP contribution in [0.1, 0.15) is 17.5 Å². The Bertz CT molecular complexity index is 383. The number of benzene rings is 1. The standard InChI is InChI=1S/C12H16BrNO2/c13-11-3-1-2-10-9(11)4-5-12(10,8-14)16-7-6-15/h1-3,15H,4-8,14H2. The van der Waals surface area contributed by atoms with E-state index < -0.39 is 5.60 Å². The summed E-state index contributed by atoms with van der Waals surface area (Å²) < 4.78 is 6.89. The smallest absolute Gasteiger partial charge is 0.106 e. The van der Waals surface area contributed by atoms with Gasteiger partial charge in [-0.1, -0.05) is 28.1 Å². The number of rotatable bonds is 4. The Morgan fingerprint density at radius 3 is 3.00 bits per heavy atom. The highest BCUT2D eigenvalue weighted by Gasteiger charge is 2.39. The van der Waals surface area contributed by atoms with Gasteiger partial charge in [0.1, 0.15) is 5.60 Å². The van der Waals surface area contributed by atoms with Gasteiger partial charge in [-0.05, 0) is 30.0 Å². The lowest BCUT2D eigenvalue weighted by Crippen LogP contribution is -2.36. The fourth-order valence-corrected chi connectivity index (χ4v) is 2.93. The molecule has 0 saturated heterocycles. The summed E-state index contributed by atoms with van der Waals surface area (Å²) in [6.45, 7) is 0.824. The number of ether oxygens (including phenoxy) is 1. The fraction of sp³-hybridized carbons (Fsp3) is 0.500. The zero-order chi connectivity index (χ0) is 11.6. The van der Waals surface area contributed by atoms with Crippen molar-refractivity contribution in [3.8, 4) is 0 Å². The molecule has 0 spiro atoms. The Hall–Kier alpha value is -0.420. The average molecular weight is 286 g/mol. The van der Waals surface area contributed by atoms with Crippen molar-refractivity contribution in [3.63, 3.8) is 0 Å². The minimum absolute atomic E-state index is 0.0328. The van der Waals surface area contributed by atoms with Gasteiger partial charge in [-0.15, -0.1) is 0 Å². The van der Waals surface area contributed by atoms with E-state index in [1.54, 1.807) is 0 Å². The van der Waals surface area contributed by atoms with Crippen molar-refractivity contribution in [2.24, 2.45) is 5.73 Å². The Morgan fingerprint density at radius 1 is 1.50 bits per heavy atom. The van der Waals surface area contributed by atoms with Crippen LogP contribution in [0.25, 0.3) is 0 Å². The van der Waals surface area contributed by atoms with Gasteiger partial charge in [0.05, 0.1) is 13.2 Å². The lowest BCUT2D eigenvalue weighted by Gasteiger charge is -2.29. The summed E-state index contributed by atoms with van der Waals surface area (Å²) in [5.41, 5.74) is 7.90. The van der Waals surface area contributed by atoms with Crippen LogP contribution in [0.2, 0.25) is 0 Å². The third-order valence-electron chi connectivity index (χ3n) is 3.19. The molecule has 0 fully saturated rings. The van der Waals surface area contributed by atoms with Gasteiger partial charge in [0, 0.05) is 11.0 Å². The summed E-state index contributed by atoms with van der Waals surface area (Å²) in [5, 5.41) is 8.86. The molecule has 1 atom stereocenters. The molecule has 2 rings (SSSR count). The van der Waals surface area contributed by atoms with Crippen molar-refractivity contribution in [1.29, 1.82) is 0 Å². The molecule has 1 aromatic carbocycles. The molecule has 0 aliphatic heterocycles. The summed E-state index contributed by atoms with van der Waals surface area (Å²) in [5.74, 6) is 0. The van der Waals surface area contributed by atoms with Gasteiger partial charge in [-0.2, -0.15) is 0 Å². The maximum atomic E-state index is 8.86. The molecular formula is C12H16BrNO2. The molecule has 0 saturated carbocycles. The fourth-order valence-electron chi connectivity index (χ4n) is 2.36. The predicted molar refractivity (Wildman–Crippen MR) is 66.2 cm³/mol. The van der Waals surface area contributed by atoms with Crippen LogP contribution in [0.15, 0.2) is 22.7 Å². The number of aliphatic hydroxyl groups is 1. The first-order valence-electron chi connectivity index (χ1n) is 5.46. The summed E-state index contributed by atoms with van der Waals surface area (Å²) in [7, 11) is 0. The van der Waals surface area contributed by atoms with Gasteiger partial charge >= 0.3 is 0 Å². The Morgan fingerprint density at radius 2 is 2.31 bits per heavy atom. The molecule has 0 radical (unpaired) electrons. The number of nitrogens with two attached hydrogens (primary N) is 1. The molecule has 1 unspecified atom stereocenters. The third kappa shape index (κ3) is 1.91. The molecule has 0 heterocycles. The SMILES string of the molecule is NCC1(OCCO)CCc2c(Br)cccc21. The van der Waals surface area contributed by atoms with Gasteiger partial charge in [-0.3, -0.25) is 0 Å². The van der Waals surface area contributed by atoms with Crippen LogP contribution in [0.4, 0.5) is 0 Å². The number of hydrogen-bond donors (Lipinski definition) is 2. The van der Waals surface area contributed by atoms with E-state index in [1.165, 1.54) is 5.56 Å². The quantitative estimate of drug-likeness (QED) is 0.883. The number of hydrogen-bond acceptors (Lipinski definition) is 3. The maximum absolute atomic E-state index is 8.86. The monoisotopic (exact) mass is 285 g/mol. The zero-order valence-corrected chi connectivity index (χ0v) is 10.7. The molecule has 3 N–H and O–H groups in total. The van der Waals surface area contributed by atoms with Gasteiger partial charge in [-0.25, -0.2) is 0 Å². The van der Waals surface area contributed by atoms with Crippen molar-refractivity contribution >= 4 is 15.9 Å². The molecule has 0 amide bonds. The van der Waals surface area contributed by atoms with Crippen LogP contribution < -0.4 is 5.73 Å². The molecule has 1 aliphatic carbocycles. The summed E-state index contributed by atoms with van der Waals surface area (Å²) >= 11 is 3.55. The minimum atomic E-state index is -0.401. The first-order valence-corrected chi connectivity index (χ1v) is 6.25. The molecule has 88 valence electrons. The highest BCUT2D eigenvalue weighted by atomic mass is 79.9. The normalized spacial score (nSPS) is 23.4. The van der Waals surface area contributed by atoms with Crippen LogP contribution in [-0.2, 0) is 16.8 Å². The lowest BCUT2D eigenvalue weighted by atomic mass is 9.96. The van der Waals surface area contributed by atoms with E-state index in [4.69, 9.17) is 15.6 Å². The van der Waals surface area contributed by atoms with E-state index >= 15 is 0 Å². The van der Waals surface area contributed by atoms with E-state index in [-0.39, 0.29) is 6.61 Å². The van der Waals surface area contributed by atoms with Crippen molar-refractivity contribution < 1.29 is 9.84 Å². The van der Waals surface area contributed by atoms with E-state index in [0.29, 0.717) is 13.2 Å². The zero-order valence-electron chi connectivity index (χ0n) is 9.08. The predicted octanol–water partition coefficient (Wildman–Crippen LogP) is 1.56. The number of fused-ring (bicyclic) bond motifs is 1. The lowest BCUT2D eigenvalue weighted by molar-refractivity contribution is -0.0554. The van der Waals surface area contributed by atoms with Crippen LogP contribution >= 0.6 is 15.9 Å². The number of aliphatic hydroxyl groups excluding tert-OH is 1. The first kappa shape index (κ1) is 12.0. The number of halogens is 1. The molecular weight excluding hydrogens is 270 g/mol. The molecule has 1 aromatic rings. The molecule has 1 aliphatic rings.